The number of nitrogens with one attached hydrogen (secondary N) is 1. The summed E-state index contributed by atoms with van der Waals surface area (Å²) in [6, 6.07) is 1.06. The molecule has 2 unspecified atom stereocenters. The Bertz CT molecular complexity index is 405. The lowest BCUT2D eigenvalue weighted by molar-refractivity contribution is 0.0993. The zero-order valence-electron chi connectivity index (χ0n) is 13.7. The second-order valence-corrected chi connectivity index (χ2v) is 9.18. The van der Waals surface area contributed by atoms with E-state index < -0.39 is 9.84 Å². The van der Waals surface area contributed by atoms with E-state index in [9.17, 15) is 8.42 Å². The van der Waals surface area contributed by atoms with Crippen LogP contribution in [0.5, 0.6) is 0 Å². The van der Waals surface area contributed by atoms with Crippen LogP contribution in [0.3, 0.4) is 0 Å². The molecule has 0 aromatic carbocycles. The highest BCUT2D eigenvalue weighted by Gasteiger charge is 2.32. The summed E-state index contributed by atoms with van der Waals surface area (Å²) in [6.07, 6.45) is 7.90. The van der Waals surface area contributed by atoms with Crippen molar-refractivity contribution in [3.63, 3.8) is 0 Å². The summed E-state index contributed by atoms with van der Waals surface area (Å²) in [4.78, 5) is 2.43. The van der Waals surface area contributed by atoms with Crippen molar-refractivity contribution in [1.82, 2.24) is 10.2 Å². The molecule has 0 bridgehead atoms. The lowest BCUT2D eigenvalue weighted by Crippen LogP contribution is -2.59. The van der Waals surface area contributed by atoms with Crippen LogP contribution < -0.4 is 5.32 Å². The lowest BCUT2D eigenvalue weighted by Gasteiger charge is -2.43. The molecular formula is C16H32N2O2S. The molecule has 1 aliphatic heterocycles. The topological polar surface area (TPSA) is 49.4 Å². The maximum absolute atomic E-state index is 11.8. The normalized spacial score (nSPS) is 29.6. The summed E-state index contributed by atoms with van der Waals surface area (Å²) in [6.45, 7) is 6.70. The van der Waals surface area contributed by atoms with Crippen LogP contribution in [0.15, 0.2) is 0 Å². The predicted octanol–water partition coefficient (Wildman–Crippen LogP) is 2.05. The zero-order valence-corrected chi connectivity index (χ0v) is 14.5. The average molecular weight is 317 g/mol. The van der Waals surface area contributed by atoms with Gasteiger partial charge in [0, 0.05) is 37.5 Å². The summed E-state index contributed by atoms with van der Waals surface area (Å²) < 4.78 is 23.6. The molecule has 0 spiro atoms. The molecule has 2 atom stereocenters. The average Bonchev–Trinajstić information content (AvgIpc) is 2.53. The van der Waals surface area contributed by atoms with Crippen LogP contribution in [-0.4, -0.2) is 56.5 Å². The Kier molecular flexibility index (Phi) is 6.51. The van der Waals surface area contributed by atoms with Gasteiger partial charge in [-0.3, -0.25) is 4.90 Å². The number of hydrogen-bond acceptors (Lipinski definition) is 4. The van der Waals surface area contributed by atoms with E-state index in [-0.39, 0.29) is 5.75 Å². The SMILES string of the molecule is CCC1CNC(C2CCCCC2)CN1CCS(=O)(=O)CC. The molecule has 1 aliphatic carbocycles. The first-order valence-electron chi connectivity index (χ1n) is 8.73. The van der Waals surface area contributed by atoms with E-state index in [1.807, 2.05) is 0 Å². The molecule has 1 heterocycles. The molecule has 0 radical (unpaired) electrons. The van der Waals surface area contributed by atoms with Crippen molar-refractivity contribution < 1.29 is 8.42 Å². The molecule has 0 aromatic rings. The zero-order chi connectivity index (χ0) is 15.3. The Morgan fingerprint density at radius 1 is 1.14 bits per heavy atom. The minimum Gasteiger partial charge on any atom is -0.311 e. The van der Waals surface area contributed by atoms with Crippen LogP contribution in [0, 0.1) is 5.92 Å². The summed E-state index contributed by atoms with van der Waals surface area (Å²) >= 11 is 0. The van der Waals surface area contributed by atoms with Crippen molar-refractivity contribution in [2.45, 2.75) is 64.5 Å². The van der Waals surface area contributed by atoms with Gasteiger partial charge in [0.2, 0.25) is 0 Å². The third-order valence-electron chi connectivity index (χ3n) is 5.38. The van der Waals surface area contributed by atoms with Gasteiger partial charge in [-0.05, 0) is 25.2 Å². The highest BCUT2D eigenvalue weighted by molar-refractivity contribution is 7.91. The number of sulfone groups is 1. The Morgan fingerprint density at radius 2 is 1.86 bits per heavy atom. The van der Waals surface area contributed by atoms with Crippen LogP contribution in [0.1, 0.15) is 52.4 Å². The summed E-state index contributed by atoms with van der Waals surface area (Å²) in [7, 11) is -2.85. The van der Waals surface area contributed by atoms with E-state index in [1.165, 1.54) is 32.1 Å². The summed E-state index contributed by atoms with van der Waals surface area (Å²) in [5.74, 6) is 1.38. The number of rotatable bonds is 6. The van der Waals surface area contributed by atoms with Crippen LogP contribution in [0.25, 0.3) is 0 Å². The number of piperazine rings is 1. The van der Waals surface area contributed by atoms with Gasteiger partial charge in [-0.15, -0.1) is 0 Å². The van der Waals surface area contributed by atoms with Gasteiger partial charge in [0.25, 0.3) is 0 Å². The Labute approximate surface area is 130 Å². The molecule has 2 rings (SSSR count). The van der Waals surface area contributed by atoms with Crippen LogP contribution in [-0.2, 0) is 9.84 Å². The fourth-order valence-corrected chi connectivity index (χ4v) is 4.61. The van der Waals surface area contributed by atoms with E-state index in [2.05, 4.69) is 17.1 Å². The first-order chi connectivity index (χ1) is 10.1. The Hall–Kier alpha value is -0.130. The van der Waals surface area contributed by atoms with Crippen molar-refractivity contribution in [3.8, 4) is 0 Å². The Morgan fingerprint density at radius 3 is 2.48 bits per heavy atom. The van der Waals surface area contributed by atoms with E-state index in [0.717, 1.165) is 25.4 Å². The standard InChI is InChI=1S/C16H32N2O2S/c1-3-15-12-17-16(14-8-6-5-7-9-14)13-18(15)10-11-21(19,20)4-2/h14-17H,3-13H2,1-2H3. The molecule has 5 heteroatoms. The number of nitrogens with zero attached hydrogens (tertiary/aromatic N) is 1. The van der Waals surface area contributed by atoms with Gasteiger partial charge in [-0.2, -0.15) is 0 Å². The molecule has 0 aromatic heterocycles. The Balaban J connectivity index is 1.92. The first kappa shape index (κ1) is 17.2. The van der Waals surface area contributed by atoms with Crippen molar-refractivity contribution in [2.75, 3.05) is 31.1 Å². The molecule has 124 valence electrons. The van der Waals surface area contributed by atoms with Crippen molar-refractivity contribution in [1.29, 1.82) is 0 Å². The fourth-order valence-electron chi connectivity index (χ4n) is 3.81. The quantitative estimate of drug-likeness (QED) is 0.815. The molecule has 0 amide bonds. The summed E-state index contributed by atoms with van der Waals surface area (Å²) in [5, 5.41) is 3.74. The van der Waals surface area contributed by atoms with Gasteiger partial charge in [0.05, 0.1) is 5.75 Å². The molecule has 1 saturated carbocycles. The van der Waals surface area contributed by atoms with Gasteiger partial charge >= 0.3 is 0 Å². The van der Waals surface area contributed by atoms with E-state index in [1.54, 1.807) is 6.92 Å². The minimum atomic E-state index is -2.85. The second kappa shape index (κ2) is 7.93. The van der Waals surface area contributed by atoms with E-state index in [0.29, 0.717) is 24.4 Å². The van der Waals surface area contributed by atoms with Crippen molar-refractivity contribution in [2.24, 2.45) is 5.92 Å². The highest BCUT2D eigenvalue weighted by Crippen LogP contribution is 2.28. The molecule has 4 nitrogen and oxygen atoms in total. The van der Waals surface area contributed by atoms with E-state index >= 15 is 0 Å². The molecule has 2 aliphatic rings. The van der Waals surface area contributed by atoms with Gasteiger partial charge in [-0.25, -0.2) is 8.42 Å². The first-order valence-corrected chi connectivity index (χ1v) is 10.6. The molecular weight excluding hydrogens is 284 g/mol. The smallest absolute Gasteiger partial charge is 0.151 e. The maximum atomic E-state index is 11.8. The third kappa shape index (κ3) is 4.93. The lowest BCUT2D eigenvalue weighted by atomic mass is 9.82. The molecule has 1 N–H and O–H groups in total. The van der Waals surface area contributed by atoms with Gasteiger partial charge in [0.15, 0.2) is 9.84 Å². The van der Waals surface area contributed by atoms with Crippen molar-refractivity contribution >= 4 is 9.84 Å². The van der Waals surface area contributed by atoms with E-state index in [4.69, 9.17) is 0 Å². The van der Waals surface area contributed by atoms with Crippen LogP contribution >= 0.6 is 0 Å². The fraction of sp³-hybridized carbons (Fsp3) is 1.00. The van der Waals surface area contributed by atoms with Gasteiger partial charge in [-0.1, -0.05) is 33.1 Å². The predicted molar refractivity (Wildman–Crippen MR) is 88.3 cm³/mol. The highest BCUT2D eigenvalue weighted by atomic mass is 32.2. The second-order valence-electron chi connectivity index (χ2n) is 6.71. The minimum absolute atomic E-state index is 0.266. The van der Waals surface area contributed by atoms with Crippen LogP contribution in [0.2, 0.25) is 0 Å². The molecule has 2 fully saturated rings. The van der Waals surface area contributed by atoms with Crippen molar-refractivity contribution in [3.05, 3.63) is 0 Å². The monoisotopic (exact) mass is 316 g/mol. The van der Waals surface area contributed by atoms with Gasteiger partial charge < -0.3 is 5.32 Å². The largest absolute Gasteiger partial charge is 0.311 e. The molecule has 1 saturated heterocycles. The maximum Gasteiger partial charge on any atom is 0.151 e. The number of hydrogen-bond donors (Lipinski definition) is 1. The van der Waals surface area contributed by atoms with Gasteiger partial charge in [0.1, 0.15) is 0 Å². The summed E-state index contributed by atoms with van der Waals surface area (Å²) in [5.41, 5.74) is 0. The molecule has 21 heavy (non-hydrogen) atoms. The van der Waals surface area contributed by atoms with Crippen LogP contribution in [0.4, 0.5) is 0 Å². The third-order valence-corrected chi connectivity index (χ3v) is 7.07.